The fourth-order valence-electron chi connectivity index (χ4n) is 3.86. The molecule has 0 bridgehead atoms. The van der Waals surface area contributed by atoms with Crippen LogP contribution in [0.3, 0.4) is 0 Å². The smallest absolute Gasteiger partial charge is 0.431 e. The third kappa shape index (κ3) is 5.51. The minimum Gasteiger partial charge on any atom is -0.431 e. The zero-order valence-electron chi connectivity index (χ0n) is 18.9. The third-order valence-corrected chi connectivity index (χ3v) is 5.60. The summed E-state index contributed by atoms with van der Waals surface area (Å²) in [5, 5.41) is 8.87. The van der Waals surface area contributed by atoms with Crippen molar-refractivity contribution in [3.63, 3.8) is 0 Å². The van der Waals surface area contributed by atoms with Crippen LogP contribution in [0, 0.1) is 0 Å². The summed E-state index contributed by atoms with van der Waals surface area (Å²) >= 11 is 0. The number of rotatable bonds is 7. The molecule has 10 nitrogen and oxygen atoms in total. The van der Waals surface area contributed by atoms with Crippen LogP contribution in [-0.4, -0.2) is 39.8 Å². The number of carbonyl (C=O) groups is 2. The first-order chi connectivity index (χ1) is 16.5. The molecule has 0 spiro atoms. The number of aryl methyl sites for hydroxylation is 1. The fourth-order valence-corrected chi connectivity index (χ4v) is 3.86. The van der Waals surface area contributed by atoms with Gasteiger partial charge in [0, 0.05) is 29.6 Å². The first-order valence-electron chi connectivity index (χ1n) is 11.3. The van der Waals surface area contributed by atoms with Crippen molar-refractivity contribution in [2.75, 3.05) is 12.1 Å². The number of anilines is 2. The summed E-state index contributed by atoms with van der Waals surface area (Å²) in [7, 11) is 0. The Hall–Kier alpha value is -3.95. The van der Waals surface area contributed by atoms with E-state index in [4.69, 9.17) is 14.2 Å². The molecule has 0 saturated heterocycles. The van der Waals surface area contributed by atoms with Crippen molar-refractivity contribution in [3.8, 4) is 0 Å². The Labute approximate surface area is 195 Å². The number of nitrogens with zero attached hydrogens (tertiary/aromatic N) is 3. The highest BCUT2D eigenvalue weighted by Crippen LogP contribution is 2.24. The summed E-state index contributed by atoms with van der Waals surface area (Å²) in [5.41, 5.74) is 0.234. The van der Waals surface area contributed by atoms with Crippen LogP contribution < -0.4 is 10.9 Å². The molecule has 0 unspecified atom stereocenters. The van der Waals surface area contributed by atoms with Gasteiger partial charge in [-0.2, -0.15) is 5.10 Å². The summed E-state index contributed by atoms with van der Waals surface area (Å²) in [6, 6.07) is 8.89. The molecule has 2 heterocycles. The van der Waals surface area contributed by atoms with Crippen molar-refractivity contribution in [1.82, 2.24) is 14.8 Å². The van der Waals surface area contributed by atoms with Crippen LogP contribution in [0.1, 0.15) is 49.5 Å². The summed E-state index contributed by atoms with van der Waals surface area (Å²) in [5.74, 6) is -0.841. The van der Waals surface area contributed by atoms with E-state index in [9.17, 15) is 14.4 Å². The van der Waals surface area contributed by atoms with E-state index in [0.29, 0.717) is 5.69 Å². The first-order valence-corrected chi connectivity index (χ1v) is 11.3. The van der Waals surface area contributed by atoms with Gasteiger partial charge < -0.3 is 19.5 Å². The maximum Gasteiger partial charge on any atom is 0.511 e. The van der Waals surface area contributed by atoms with Gasteiger partial charge >= 0.3 is 12.1 Å². The van der Waals surface area contributed by atoms with Crippen LogP contribution in [0.5, 0.6) is 0 Å². The van der Waals surface area contributed by atoms with E-state index in [1.165, 1.54) is 6.07 Å². The number of esters is 1. The predicted molar refractivity (Wildman–Crippen MR) is 124 cm³/mol. The zero-order chi connectivity index (χ0) is 23.9. The number of ether oxygens (including phenoxy) is 3. The van der Waals surface area contributed by atoms with E-state index in [-0.39, 0.29) is 24.0 Å². The van der Waals surface area contributed by atoms with Crippen LogP contribution in [-0.2, 0) is 20.8 Å². The van der Waals surface area contributed by atoms with Gasteiger partial charge in [-0.1, -0.05) is 30.7 Å². The van der Waals surface area contributed by atoms with Gasteiger partial charge in [-0.05, 0) is 32.6 Å². The number of hydrogen-bond donors (Lipinski definition) is 1. The van der Waals surface area contributed by atoms with Crippen LogP contribution in [0.2, 0.25) is 0 Å². The lowest BCUT2D eigenvalue weighted by Gasteiger charge is -2.21. The lowest BCUT2D eigenvalue weighted by molar-refractivity contribution is -0.0433. The van der Waals surface area contributed by atoms with Gasteiger partial charge in [0.05, 0.1) is 11.9 Å². The molecule has 0 amide bonds. The SMILES string of the molecule is CCn1nc(C(=O)OCOC(=O)OC2CCCCC2)cc(Nc2cncc3ccccc23)c1=O. The molecular formula is C24H26N4O6. The van der Waals surface area contributed by atoms with E-state index < -0.39 is 24.5 Å². The van der Waals surface area contributed by atoms with Gasteiger partial charge in [0.15, 0.2) is 5.69 Å². The van der Waals surface area contributed by atoms with E-state index in [2.05, 4.69) is 15.4 Å². The third-order valence-electron chi connectivity index (χ3n) is 5.60. The monoisotopic (exact) mass is 466 g/mol. The van der Waals surface area contributed by atoms with Gasteiger partial charge in [-0.15, -0.1) is 0 Å². The second-order valence-electron chi connectivity index (χ2n) is 7.92. The molecule has 0 radical (unpaired) electrons. The van der Waals surface area contributed by atoms with E-state index in [0.717, 1.165) is 47.6 Å². The number of pyridine rings is 1. The molecule has 178 valence electrons. The molecular weight excluding hydrogens is 440 g/mol. The maximum absolute atomic E-state index is 12.8. The molecule has 4 rings (SSSR count). The number of aromatic nitrogens is 3. The van der Waals surface area contributed by atoms with Gasteiger partial charge in [-0.3, -0.25) is 9.78 Å². The van der Waals surface area contributed by atoms with Crippen molar-refractivity contribution >= 4 is 34.3 Å². The van der Waals surface area contributed by atoms with Crippen LogP contribution in [0.4, 0.5) is 16.2 Å². The van der Waals surface area contributed by atoms with Gasteiger partial charge in [-0.25, -0.2) is 14.3 Å². The molecule has 1 aliphatic rings. The number of hydrogen-bond acceptors (Lipinski definition) is 9. The van der Waals surface area contributed by atoms with E-state index in [1.807, 2.05) is 24.3 Å². The molecule has 10 heteroatoms. The van der Waals surface area contributed by atoms with Gasteiger partial charge in [0.25, 0.3) is 5.56 Å². The van der Waals surface area contributed by atoms with Crippen LogP contribution >= 0.6 is 0 Å². The minimum atomic E-state index is -0.878. The molecule has 34 heavy (non-hydrogen) atoms. The molecule has 1 saturated carbocycles. The van der Waals surface area contributed by atoms with Crippen molar-refractivity contribution in [3.05, 3.63) is 58.8 Å². The van der Waals surface area contributed by atoms with Crippen LogP contribution in [0.25, 0.3) is 10.8 Å². The molecule has 1 fully saturated rings. The topological polar surface area (TPSA) is 122 Å². The minimum absolute atomic E-state index is 0.110. The Morgan fingerprint density at radius 2 is 1.88 bits per heavy atom. The Morgan fingerprint density at radius 1 is 1.09 bits per heavy atom. The van der Waals surface area contributed by atoms with Gasteiger partial charge in [0.2, 0.25) is 6.79 Å². The summed E-state index contributed by atoms with van der Waals surface area (Å²) in [6.07, 6.45) is 7.04. The average molecular weight is 466 g/mol. The molecule has 2 aromatic heterocycles. The highest BCUT2D eigenvalue weighted by Gasteiger charge is 2.20. The van der Waals surface area contributed by atoms with Crippen LogP contribution in [0.15, 0.2) is 47.5 Å². The lowest BCUT2D eigenvalue weighted by atomic mass is 9.98. The zero-order valence-corrected chi connectivity index (χ0v) is 18.9. The highest BCUT2D eigenvalue weighted by atomic mass is 16.8. The maximum atomic E-state index is 12.8. The molecule has 0 atom stereocenters. The number of nitrogens with one attached hydrogen (secondary N) is 1. The summed E-state index contributed by atoms with van der Waals surface area (Å²) < 4.78 is 16.3. The van der Waals surface area contributed by atoms with E-state index in [1.54, 1.807) is 19.3 Å². The van der Waals surface area contributed by atoms with Crippen molar-refractivity contribution in [2.24, 2.45) is 0 Å². The molecule has 3 aromatic rings. The predicted octanol–water partition coefficient (Wildman–Crippen LogP) is 4.16. The lowest BCUT2D eigenvalue weighted by Crippen LogP contribution is -2.27. The Balaban J connectivity index is 1.44. The Kier molecular flexibility index (Phi) is 7.36. The normalized spacial score (nSPS) is 13.9. The number of benzene rings is 1. The standard InChI is InChI=1S/C24H26N4O6/c1-2-28-22(29)19(26-21-14-25-13-16-8-6-7-11-18(16)21)12-20(27-28)23(30)32-15-33-24(31)34-17-9-4-3-5-10-17/h6-8,11-14,17,26H,2-5,9-10,15H2,1H3. The summed E-state index contributed by atoms with van der Waals surface area (Å²) in [4.78, 5) is 41.4. The molecule has 1 N–H and O–H groups in total. The van der Waals surface area contributed by atoms with Crippen molar-refractivity contribution in [1.29, 1.82) is 0 Å². The second kappa shape index (κ2) is 10.8. The summed E-state index contributed by atoms with van der Waals surface area (Å²) in [6.45, 7) is 1.36. The number of carbonyl (C=O) groups excluding carboxylic acids is 2. The number of fused-ring (bicyclic) bond motifs is 1. The van der Waals surface area contributed by atoms with Crippen molar-refractivity contribution < 1.29 is 23.8 Å². The molecule has 0 aliphatic heterocycles. The molecule has 1 aromatic carbocycles. The quantitative estimate of drug-likeness (QED) is 0.404. The first kappa shape index (κ1) is 23.2. The van der Waals surface area contributed by atoms with Crippen molar-refractivity contribution in [2.45, 2.75) is 51.7 Å². The fraction of sp³-hybridized carbons (Fsp3) is 0.375. The largest absolute Gasteiger partial charge is 0.511 e. The van der Waals surface area contributed by atoms with E-state index >= 15 is 0 Å². The highest BCUT2D eigenvalue weighted by molar-refractivity contribution is 5.95. The average Bonchev–Trinajstić information content (AvgIpc) is 2.86. The molecule has 1 aliphatic carbocycles. The van der Waals surface area contributed by atoms with Gasteiger partial charge in [0.1, 0.15) is 11.8 Å². The second-order valence-corrected chi connectivity index (χ2v) is 7.92. The Morgan fingerprint density at radius 3 is 2.68 bits per heavy atom. The Bertz CT molecular complexity index is 1230.